The van der Waals surface area contributed by atoms with E-state index in [1.54, 1.807) is 38.3 Å². The largest absolute Gasteiger partial charge is 0.493 e. The summed E-state index contributed by atoms with van der Waals surface area (Å²) in [5.41, 5.74) is 1.42. The number of ether oxygens (including phenoxy) is 2. The van der Waals surface area contributed by atoms with Crippen molar-refractivity contribution in [2.75, 3.05) is 26.2 Å². The molecular formula is C20H18INO3. The third-order valence-electron chi connectivity index (χ3n) is 4.13. The first-order chi connectivity index (χ1) is 12.0. The normalized spacial score (nSPS) is 10.6. The maximum absolute atomic E-state index is 13.0. The van der Waals surface area contributed by atoms with Crippen LogP contribution >= 0.6 is 22.6 Å². The van der Waals surface area contributed by atoms with E-state index in [1.807, 2.05) is 36.4 Å². The smallest absolute Gasteiger partial charge is 0.259 e. The van der Waals surface area contributed by atoms with E-state index in [1.165, 1.54) is 0 Å². The highest BCUT2D eigenvalue weighted by molar-refractivity contribution is 14.1. The van der Waals surface area contributed by atoms with Crippen molar-refractivity contribution in [3.8, 4) is 11.5 Å². The van der Waals surface area contributed by atoms with E-state index in [2.05, 4.69) is 28.7 Å². The number of carbonyl (C=O) groups excluding carboxylic acids is 1. The molecule has 0 bridgehead atoms. The maximum atomic E-state index is 13.0. The second kappa shape index (κ2) is 7.31. The molecule has 4 nitrogen and oxygen atoms in total. The molecule has 0 spiro atoms. The molecule has 0 fully saturated rings. The highest BCUT2D eigenvalue weighted by atomic mass is 127. The zero-order valence-electron chi connectivity index (χ0n) is 14.2. The number of hydrogen-bond acceptors (Lipinski definition) is 3. The number of benzene rings is 3. The van der Waals surface area contributed by atoms with Crippen molar-refractivity contribution in [1.29, 1.82) is 0 Å². The molecule has 0 atom stereocenters. The molecule has 0 saturated carbocycles. The van der Waals surface area contributed by atoms with E-state index in [9.17, 15) is 4.79 Å². The van der Waals surface area contributed by atoms with Gasteiger partial charge >= 0.3 is 0 Å². The summed E-state index contributed by atoms with van der Waals surface area (Å²) in [7, 11) is 4.92. The number of halogens is 1. The van der Waals surface area contributed by atoms with Crippen molar-refractivity contribution in [3.05, 3.63) is 63.7 Å². The molecule has 0 unspecified atom stereocenters. The molecule has 0 aliphatic carbocycles. The zero-order chi connectivity index (χ0) is 18.0. The predicted molar refractivity (Wildman–Crippen MR) is 109 cm³/mol. The monoisotopic (exact) mass is 447 g/mol. The van der Waals surface area contributed by atoms with Gasteiger partial charge in [0.1, 0.15) is 0 Å². The Morgan fingerprint density at radius 2 is 1.56 bits per heavy atom. The van der Waals surface area contributed by atoms with Crippen LogP contribution in [-0.4, -0.2) is 27.2 Å². The van der Waals surface area contributed by atoms with Gasteiger partial charge in [0.25, 0.3) is 5.91 Å². The van der Waals surface area contributed by atoms with Crippen LogP contribution < -0.4 is 14.4 Å². The highest BCUT2D eigenvalue weighted by Gasteiger charge is 2.20. The fourth-order valence-corrected chi connectivity index (χ4v) is 3.37. The molecule has 5 heteroatoms. The van der Waals surface area contributed by atoms with Gasteiger partial charge in [0, 0.05) is 16.3 Å². The average Bonchev–Trinajstić information content (AvgIpc) is 2.66. The Balaban J connectivity index is 1.98. The molecule has 0 N–H and O–H groups in total. The molecule has 0 heterocycles. The van der Waals surface area contributed by atoms with Gasteiger partial charge in [-0.25, -0.2) is 0 Å². The lowest BCUT2D eigenvalue weighted by atomic mass is 10.1. The first-order valence-electron chi connectivity index (χ1n) is 7.73. The Bertz CT molecular complexity index is 939. The summed E-state index contributed by atoms with van der Waals surface area (Å²) in [6.45, 7) is 0. The van der Waals surface area contributed by atoms with Crippen molar-refractivity contribution in [1.82, 2.24) is 0 Å². The lowest BCUT2D eigenvalue weighted by Crippen LogP contribution is -2.27. The van der Waals surface area contributed by atoms with E-state index in [4.69, 9.17) is 9.47 Å². The third kappa shape index (κ3) is 3.42. The number of hydrogen-bond donors (Lipinski definition) is 0. The Labute approximate surface area is 160 Å². The number of methoxy groups -OCH3 is 2. The van der Waals surface area contributed by atoms with Crippen LogP contribution in [0.1, 0.15) is 10.4 Å². The fourth-order valence-electron chi connectivity index (χ4n) is 2.70. The van der Waals surface area contributed by atoms with E-state index in [0.29, 0.717) is 17.1 Å². The van der Waals surface area contributed by atoms with Gasteiger partial charge in [-0.3, -0.25) is 4.79 Å². The topological polar surface area (TPSA) is 38.8 Å². The van der Waals surface area contributed by atoms with Crippen molar-refractivity contribution in [3.63, 3.8) is 0 Å². The highest BCUT2D eigenvalue weighted by Crippen LogP contribution is 2.32. The summed E-state index contributed by atoms with van der Waals surface area (Å²) in [4.78, 5) is 14.6. The first kappa shape index (κ1) is 17.5. The van der Waals surface area contributed by atoms with Crippen LogP contribution in [0.4, 0.5) is 5.69 Å². The molecule has 3 aromatic carbocycles. The summed E-state index contributed by atoms with van der Waals surface area (Å²) in [5, 5.41) is 2.24. The summed E-state index contributed by atoms with van der Waals surface area (Å²) >= 11 is 2.14. The number of fused-ring (bicyclic) bond motifs is 1. The Hall–Kier alpha value is -2.28. The van der Waals surface area contributed by atoms with Crippen LogP contribution in [0.15, 0.2) is 54.6 Å². The Morgan fingerprint density at radius 1 is 0.920 bits per heavy atom. The summed E-state index contributed by atoms with van der Waals surface area (Å²) in [5.74, 6) is 1.05. The van der Waals surface area contributed by atoms with Crippen LogP contribution in [0, 0.1) is 3.57 Å². The number of carbonyl (C=O) groups is 1. The first-order valence-corrected chi connectivity index (χ1v) is 8.81. The maximum Gasteiger partial charge on any atom is 0.259 e. The average molecular weight is 447 g/mol. The van der Waals surface area contributed by atoms with Gasteiger partial charge in [-0.05, 0) is 57.6 Å². The standard InChI is InChI=1S/C20H18INO3/c1-22(15-9-8-13-6-4-5-7-14(13)10-15)20(23)16-11-18(24-2)19(25-3)12-17(16)21/h4-12H,1-3H3. The molecule has 0 aliphatic rings. The van der Waals surface area contributed by atoms with Crippen LogP contribution in [-0.2, 0) is 0 Å². The minimum atomic E-state index is -0.0966. The van der Waals surface area contributed by atoms with Crippen molar-refractivity contribution in [2.45, 2.75) is 0 Å². The molecule has 3 rings (SSSR count). The summed E-state index contributed by atoms with van der Waals surface area (Å²) in [6, 6.07) is 17.6. The second-order valence-corrected chi connectivity index (χ2v) is 6.74. The molecule has 0 saturated heterocycles. The van der Waals surface area contributed by atoms with Gasteiger partial charge < -0.3 is 14.4 Å². The van der Waals surface area contributed by atoms with Gasteiger partial charge in [-0.2, -0.15) is 0 Å². The van der Waals surface area contributed by atoms with E-state index in [-0.39, 0.29) is 5.91 Å². The molecule has 1 amide bonds. The molecule has 0 radical (unpaired) electrons. The molecule has 0 aromatic heterocycles. The lowest BCUT2D eigenvalue weighted by molar-refractivity contribution is 0.0992. The molecule has 0 aliphatic heterocycles. The number of amides is 1. The van der Waals surface area contributed by atoms with Crippen LogP contribution in [0.25, 0.3) is 10.8 Å². The number of rotatable bonds is 4. The lowest BCUT2D eigenvalue weighted by Gasteiger charge is -2.20. The minimum absolute atomic E-state index is 0.0966. The van der Waals surface area contributed by atoms with Gasteiger partial charge in [0.15, 0.2) is 11.5 Å². The van der Waals surface area contributed by atoms with Gasteiger partial charge in [0.2, 0.25) is 0 Å². The zero-order valence-corrected chi connectivity index (χ0v) is 16.4. The molecule has 128 valence electrons. The molecule has 25 heavy (non-hydrogen) atoms. The Kier molecular flexibility index (Phi) is 5.13. The van der Waals surface area contributed by atoms with Crippen LogP contribution in [0.3, 0.4) is 0 Å². The quantitative estimate of drug-likeness (QED) is 0.543. The molecular weight excluding hydrogens is 429 g/mol. The third-order valence-corrected chi connectivity index (χ3v) is 5.02. The second-order valence-electron chi connectivity index (χ2n) is 5.58. The van der Waals surface area contributed by atoms with E-state index >= 15 is 0 Å². The van der Waals surface area contributed by atoms with Gasteiger partial charge in [0.05, 0.1) is 19.8 Å². The van der Waals surface area contributed by atoms with Crippen LogP contribution in [0.2, 0.25) is 0 Å². The number of anilines is 1. The predicted octanol–water partition coefficient (Wildman–Crippen LogP) is 4.74. The van der Waals surface area contributed by atoms with Gasteiger partial charge in [-0.15, -0.1) is 0 Å². The minimum Gasteiger partial charge on any atom is -0.493 e. The number of nitrogens with zero attached hydrogens (tertiary/aromatic N) is 1. The van der Waals surface area contributed by atoms with Crippen molar-refractivity contribution >= 4 is 45.0 Å². The van der Waals surface area contributed by atoms with Crippen molar-refractivity contribution < 1.29 is 14.3 Å². The SMILES string of the molecule is COc1cc(I)c(C(=O)N(C)c2ccc3ccccc3c2)cc1OC. The fraction of sp³-hybridized carbons (Fsp3) is 0.150. The molecule has 3 aromatic rings. The van der Waals surface area contributed by atoms with Crippen LogP contribution in [0.5, 0.6) is 11.5 Å². The van der Waals surface area contributed by atoms with E-state index in [0.717, 1.165) is 20.0 Å². The van der Waals surface area contributed by atoms with Crippen molar-refractivity contribution in [2.24, 2.45) is 0 Å². The summed E-state index contributed by atoms with van der Waals surface area (Å²) < 4.78 is 11.4. The summed E-state index contributed by atoms with van der Waals surface area (Å²) in [6.07, 6.45) is 0. The van der Waals surface area contributed by atoms with Gasteiger partial charge in [-0.1, -0.05) is 30.3 Å². The van der Waals surface area contributed by atoms with E-state index < -0.39 is 0 Å². The Morgan fingerprint density at radius 3 is 2.24 bits per heavy atom.